The van der Waals surface area contributed by atoms with Crippen LogP contribution in [0, 0.1) is 6.92 Å². The van der Waals surface area contributed by atoms with E-state index in [4.69, 9.17) is 14.2 Å². The van der Waals surface area contributed by atoms with E-state index in [2.05, 4.69) is 44.3 Å². The van der Waals surface area contributed by atoms with Crippen LogP contribution in [0.5, 0.6) is 11.5 Å². The molecule has 0 bridgehead atoms. The van der Waals surface area contributed by atoms with E-state index in [1.807, 2.05) is 31.2 Å². The first-order chi connectivity index (χ1) is 12.6. The van der Waals surface area contributed by atoms with Crippen molar-refractivity contribution in [1.29, 1.82) is 0 Å². The Hall–Kier alpha value is -2.20. The van der Waals surface area contributed by atoms with Crippen molar-refractivity contribution >= 4 is 5.69 Å². The average molecular weight is 357 g/mol. The van der Waals surface area contributed by atoms with Crippen molar-refractivity contribution in [1.82, 2.24) is 0 Å². The highest BCUT2D eigenvalue weighted by Crippen LogP contribution is 2.27. The highest BCUT2D eigenvalue weighted by Gasteiger charge is 2.07. The first-order valence-electron chi connectivity index (χ1n) is 9.38. The van der Waals surface area contributed by atoms with Crippen molar-refractivity contribution in [2.75, 3.05) is 38.3 Å². The van der Waals surface area contributed by atoms with Crippen molar-refractivity contribution in [3.8, 4) is 11.5 Å². The van der Waals surface area contributed by atoms with Crippen LogP contribution < -0.4 is 14.8 Å². The van der Waals surface area contributed by atoms with E-state index < -0.39 is 0 Å². The molecule has 0 aliphatic heterocycles. The summed E-state index contributed by atoms with van der Waals surface area (Å²) in [6.07, 6.45) is 0. The molecule has 1 N–H and O–H groups in total. The molecule has 0 amide bonds. The van der Waals surface area contributed by atoms with Gasteiger partial charge in [-0.3, -0.25) is 0 Å². The maximum Gasteiger partial charge on any atom is 0.123 e. The van der Waals surface area contributed by atoms with Crippen LogP contribution in [0.4, 0.5) is 5.69 Å². The molecule has 142 valence electrons. The molecule has 0 unspecified atom stereocenters. The largest absolute Gasteiger partial charge is 0.491 e. The number of anilines is 1. The summed E-state index contributed by atoms with van der Waals surface area (Å²) in [4.78, 5) is 0. The Morgan fingerprint density at radius 1 is 0.923 bits per heavy atom. The second-order valence-electron chi connectivity index (χ2n) is 6.54. The molecular weight excluding hydrogens is 326 g/mol. The molecule has 0 heterocycles. The standard InChI is InChI=1S/C22H31NO3/c1-5-24-14-15-25-20-9-7-19(8-10-20)23-12-13-26-22-16-18(4)6-11-21(22)17(2)3/h6-11,16-17,23H,5,12-15H2,1-4H3. The summed E-state index contributed by atoms with van der Waals surface area (Å²) < 4.78 is 16.9. The summed E-state index contributed by atoms with van der Waals surface area (Å²) in [6, 6.07) is 14.4. The van der Waals surface area contributed by atoms with Gasteiger partial charge in [0.05, 0.1) is 6.61 Å². The van der Waals surface area contributed by atoms with Crippen LogP contribution in [0.25, 0.3) is 0 Å². The van der Waals surface area contributed by atoms with Gasteiger partial charge in [-0.15, -0.1) is 0 Å². The predicted molar refractivity (Wildman–Crippen MR) is 108 cm³/mol. The first kappa shape index (κ1) is 20.1. The normalized spacial score (nSPS) is 10.8. The fraction of sp³-hybridized carbons (Fsp3) is 0.455. The lowest BCUT2D eigenvalue weighted by Gasteiger charge is -2.15. The third-order valence-electron chi connectivity index (χ3n) is 4.03. The topological polar surface area (TPSA) is 39.7 Å². The second-order valence-corrected chi connectivity index (χ2v) is 6.54. The van der Waals surface area contributed by atoms with Gasteiger partial charge in [0.15, 0.2) is 0 Å². The van der Waals surface area contributed by atoms with Gasteiger partial charge in [-0.05, 0) is 61.2 Å². The number of rotatable bonds is 11. The SMILES string of the molecule is CCOCCOc1ccc(NCCOc2cc(C)ccc2C(C)C)cc1. The quantitative estimate of drug-likeness (QED) is 0.573. The second kappa shape index (κ2) is 10.7. The van der Waals surface area contributed by atoms with Gasteiger partial charge in [-0.2, -0.15) is 0 Å². The van der Waals surface area contributed by atoms with Crippen molar-refractivity contribution in [2.45, 2.75) is 33.6 Å². The molecule has 2 rings (SSSR count). The summed E-state index contributed by atoms with van der Waals surface area (Å²) in [5, 5.41) is 3.38. The van der Waals surface area contributed by atoms with Gasteiger partial charge in [0.1, 0.15) is 24.7 Å². The number of aryl methyl sites for hydroxylation is 1. The van der Waals surface area contributed by atoms with E-state index in [1.165, 1.54) is 11.1 Å². The Labute approximate surface area is 157 Å². The molecule has 4 nitrogen and oxygen atoms in total. The van der Waals surface area contributed by atoms with Crippen LogP contribution in [0.1, 0.15) is 37.8 Å². The number of nitrogens with one attached hydrogen (secondary N) is 1. The van der Waals surface area contributed by atoms with Crippen molar-refractivity contribution in [2.24, 2.45) is 0 Å². The van der Waals surface area contributed by atoms with Gasteiger partial charge in [-0.25, -0.2) is 0 Å². The highest BCUT2D eigenvalue weighted by molar-refractivity contribution is 5.46. The molecule has 0 aliphatic rings. The molecule has 0 aromatic heterocycles. The van der Waals surface area contributed by atoms with E-state index in [1.54, 1.807) is 0 Å². The molecule has 0 saturated carbocycles. The Balaban J connectivity index is 1.75. The lowest BCUT2D eigenvalue weighted by atomic mass is 10.0. The minimum Gasteiger partial charge on any atom is -0.491 e. The fourth-order valence-corrected chi connectivity index (χ4v) is 2.63. The van der Waals surface area contributed by atoms with Gasteiger partial charge < -0.3 is 19.5 Å². The van der Waals surface area contributed by atoms with Gasteiger partial charge >= 0.3 is 0 Å². The van der Waals surface area contributed by atoms with Crippen LogP contribution in [0.2, 0.25) is 0 Å². The smallest absolute Gasteiger partial charge is 0.123 e. The van der Waals surface area contributed by atoms with Crippen molar-refractivity contribution in [3.05, 3.63) is 53.6 Å². The fourth-order valence-electron chi connectivity index (χ4n) is 2.63. The van der Waals surface area contributed by atoms with Crippen LogP contribution in [-0.2, 0) is 4.74 Å². The van der Waals surface area contributed by atoms with E-state index in [0.717, 1.165) is 30.3 Å². The third kappa shape index (κ3) is 6.60. The number of benzene rings is 2. The van der Waals surface area contributed by atoms with Crippen molar-refractivity contribution in [3.63, 3.8) is 0 Å². The van der Waals surface area contributed by atoms with E-state index >= 15 is 0 Å². The molecule has 0 saturated heterocycles. The lowest BCUT2D eigenvalue weighted by molar-refractivity contribution is 0.110. The molecule has 4 heteroatoms. The summed E-state index contributed by atoms with van der Waals surface area (Å²) in [6.45, 7) is 11.7. The molecule has 0 fully saturated rings. The third-order valence-corrected chi connectivity index (χ3v) is 4.03. The van der Waals surface area contributed by atoms with Crippen LogP contribution >= 0.6 is 0 Å². The average Bonchev–Trinajstić information content (AvgIpc) is 2.63. The van der Waals surface area contributed by atoms with Crippen molar-refractivity contribution < 1.29 is 14.2 Å². The molecule has 26 heavy (non-hydrogen) atoms. The molecule has 2 aromatic carbocycles. The first-order valence-corrected chi connectivity index (χ1v) is 9.38. The zero-order valence-electron chi connectivity index (χ0n) is 16.4. The Bertz CT molecular complexity index is 653. The zero-order chi connectivity index (χ0) is 18.8. The van der Waals surface area contributed by atoms with Gasteiger partial charge in [0.2, 0.25) is 0 Å². The Morgan fingerprint density at radius 3 is 2.38 bits per heavy atom. The minimum absolute atomic E-state index is 0.453. The molecule has 2 aromatic rings. The number of hydrogen-bond acceptors (Lipinski definition) is 4. The monoisotopic (exact) mass is 357 g/mol. The van der Waals surface area contributed by atoms with Crippen LogP contribution in [-0.4, -0.2) is 33.0 Å². The molecule has 0 aliphatic carbocycles. The maximum absolute atomic E-state index is 6.00. The van der Waals surface area contributed by atoms with E-state index in [0.29, 0.717) is 25.7 Å². The summed E-state index contributed by atoms with van der Waals surface area (Å²) >= 11 is 0. The minimum atomic E-state index is 0.453. The number of ether oxygens (including phenoxy) is 3. The summed E-state index contributed by atoms with van der Waals surface area (Å²) in [5.41, 5.74) is 3.53. The van der Waals surface area contributed by atoms with Gasteiger partial charge in [0.25, 0.3) is 0 Å². The van der Waals surface area contributed by atoms with E-state index in [9.17, 15) is 0 Å². The zero-order valence-corrected chi connectivity index (χ0v) is 16.4. The Kier molecular flexibility index (Phi) is 8.29. The summed E-state index contributed by atoms with van der Waals surface area (Å²) in [7, 11) is 0. The molecule has 0 spiro atoms. The maximum atomic E-state index is 6.00. The Morgan fingerprint density at radius 2 is 1.69 bits per heavy atom. The van der Waals surface area contributed by atoms with Gasteiger partial charge in [-0.1, -0.05) is 26.0 Å². The summed E-state index contributed by atoms with van der Waals surface area (Å²) in [5.74, 6) is 2.29. The predicted octanol–water partition coefficient (Wildman–Crippen LogP) is 5.02. The molecule has 0 atom stereocenters. The van der Waals surface area contributed by atoms with Crippen LogP contribution in [0.15, 0.2) is 42.5 Å². The van der Waals surface area contributed by atoms with Gasteiger partial charge in [0, 0.05) is 18.8 Å². The van der Waals surface area contributed by atoms with Crippen LogP contribution in [0.3, 0.4) is 0 Å². The molecule has 0 radical (unpaired) electrons. The molecular formula is C22H31NO3. The highest BCUT2D eigenvalue weighted by atomic mass is 16.5. The lowest BCUT2D eigenvalue weighted by Crippen LogP contribution is -2.12. The number of hydrogen-bond donors (Lipinski definition) is 1. The van der Waals surface area contributed by atoms with E-state index in [-0.39, 0.29) is 0 Å².